The summed E-state index contributed by atoms with van der Waals surface area (Å²) in [5.41, 5.74) is 0.403. The van der Waals surface area contributed by atoms with Gasteiger partial charge in [0.25, 0.3) is 10.1 Å². The molecule has 0 amide bonds. The minimum Gasteiger partial charge on any atom is -1.00 e. The molecular formula is C8H10Na2O3S. The van der Waals surface area contributed by atoms with Gasteiger partial charge in [-0.3, -0.25) is 4.55 Å². The van der Waals surface area contributed by atoms with Crippen LogP contribution in [-0.2, 0) is 10.1 Å². The van der Waals surface area contributed by atoms with Gasteiger partial charge in [-0.05, 0) is 11.6 Å². The summed E-state index contributed by atoms with van der Waals surface area (Å²) in [7, 11) is -4.12. The molecule has 0 aliphatic rings. The SMILES string of the molecule is C=Cc1ccccc1S(=O)(=O)O.[H-].[H-].[Na+].[Na+]. The fourth-order valence-corrected chi connectivity index (χ4v) is 1.58. The molecule has 1 N–H and O–H groups in total. The van der Waals surface area contributed by atoms with Crippen molar-refractivity contribution >= 4 is 16.2 Å². The Labute approximate surface area is 131 Å². The first-order valence-electron chi connectivity index (χ1n) is 3.24. The molecule has 0 fully saturated rings. The van der Waals surface area contributed by atoms with Gasteiger partial charge in [0, 0.05) is 0 Å². The molecule has 0 bridgehead atoms. The van der Waals surface area contributed by atoms with Crippen LogP contribution in [0, 0.1) is 0 Å². The maximum atomic E-state index is 10.7. The number of hydrogen-bond acceptors (Lipinski definition) is 2. The Morgan fingerprint density at radius 1 is 1.29 bits per heavy atom. The Bertz CT molecular complexity index is 409. The first kappa shape index (κ1) is 17.3. The van der Waals surface area contributed by atoms with Crippen molar-refractivity contribution in [3.8, 4) is 0 Å². The molecule has 3 nitrogen and oxygen atoms in total. The summed E-state index contributed by atoms with van der Waals surface area (Å²) < 4.78 is 30.2. The zero-order valence-corrected chi connectivity index (χ0v) is 13.1. The summed E-state index contributed by atoms with van der Waals surface area (Å²) in [6.07, 6.45) is 1.38. The van der Waals surface area contributed by atoms with Gasteiger partial charge in [0.05, 0.1) is 0 Å². The predicted molar refractivity (Wildman–Crippen MR) is 48.6 cm³/mol. The van der Waals surface area contributed by atoms with Crippen molar-refractivity contribution in [2.45, 2.75) is 4.90 Å². The average Bonchev–Trinajstić information content (AvgIpc) is 2.03. The molecule has 1 aromatic rings. The van der Waals surface area contributed by atoms with Gasteiger partial charge < -0.3 is 2.85 Å². The van der Waals surface area contributed by atoms with Crippen molar-refractivity contribution in [3.05, 3.63) is 36.4 Å². The van der Waals surface area contributed by atoms with Crippen LogP contribution in [0.25, 0.3) is 6.08 Å². The summed E-state index contributed by atoms with van der Waals surface area (Å²) in [5.74, 6) is 0. The molecule has 1 aromatic carbocycles. The van der Waals surface area contributed by atoms with Crippen LogP contribution in [0.2, 0.25) is 0 Å². The molecule has 0 saturated carbocycles. The second-order valence-electron chi connectivity index (χ2n) is 2.22. The van der Waals surface area contributed by atoms with Gasteiger partial charge in [0.15, 0.2) is 0 Å². The summed E-state index contributed by atoms with van der Waals surface area (Å²) >= 11 is 0. The second kappa shape index (κ2) is 7.19. The molecule has 0 saturated heterocycles. The van der Waals surface area contributed by atoms with Crippen LogP contribution in [0.4, 0.5) is 0 Å². The van der Waals surface area contributed by atoms with Crippen molar-refractivity contribution in [1.29, 1.82) is 0 Å². The Kier molecular flexibility index (Phi) is 8.87. The van der Waals surface area contributed by atoms with Crippen molar-refractivity contribution in [1.82, 2.24) is 0 Å². The largest absolute Gasteiger partial charge is 1.00 e. The number of benzene rings is 1. The van der Waals surface area contributed by atoms with Gasteiger partial charge in [0.1, 0.15) is 4.90 Å². The van der Waals surface area contributed by atoms with Crippen LogP contribution in [-0.4, -0.2) is 13.0 Å². The van der Waals surface area contributed by atoms with E-state index in [0.717, 1.165) is 0 Å². The second-order valence-corrected chi connectivity index (χ2v) is 3.61. The fraction of sp³-hybridized carbons (Fsp3) is 0. The standard InChI is InChI=1S/C8H8O3S.2Na.2H/c1-2-7-5-3-4-6-8(7)12(9,10)11;;;;/h2-6H,1H2,(H,9,10,11);;;;/q;2*+1;2*-1. The molecule has 0 atom stereocenters. The molecule has 68 valence electrons. The minimum absolute atomic E-state index is 0. The van der Waals surface area contributed by atoms with Gasteiger partial charge in [0.2, 0.25) is 0 Å². The maximum Gasteiger partial charge on any atom is 1.00 e. The molecule has 14 heavy (non-hydrogen) atoms. The normalized spacial score (nSPS) is 9.50. The topological polar surface area (TPSA) is 54.4 Å². The first-order chi connectivity index (χ1) is 5.55. The predicted octanol–water partition coefficient (Wildman–Crippen LogP) is -4.19. The third-order valence-electron chi connectivity index (χ3n) is 1.42. The monoisotopic (exact) mass is 232 g/mol. The molecule has 0 radical (unpaired) electrons. The van der Waals surface area contributed by atoms with Crippen LogP contribution in [0.5, 0.6) is 0 Å². The molecule has 0 unspecified atom stereocenters. The molecule has 0 aliphatic heterocycles. The summed E-state index contributed by atoms with van der Waals surface area (Å²) in [6, 6.07) is 6.10. The Morgan fingerprint density at radius 2 is 1.79 bits per heavy atom. The van der Waals surface area contributed by atoms with Gasteiger partial charge >= 0.3 is 59.1 Å². The summed E-state index contributed by atoms with van der Waals surface area (Å²) in [4.78, 5) is -0.111. The van der Waals surface area contributed by atoms with E-state index in [2.05, 4.69) is 6.58 Å². The fourth-order valence-electron chi connectivity index (χ4n) is 0.884. The summed E-state index contributed by atoms with van der Waals surface area (Å²) in [5, 5.41) is 0. The van der Waals surface area contributed by atoms with Crippen molar-refractivity contribution in [3.63, 3.8) is 0 Å². The van der Waals surface area contributed by atoms with Crippen molar-refractivity contribution in [2.24, 2.45) is 0 Å². The van der Waals surface area contributed by atoms with E-state index in [1.54, 1.807) is 12.1 Å². The average molecular weight is 232 g/mol. The van der Waals surface area contributed by atoms with Gasteiger partial charge in [-0.1, -0.05) is 30.9 Å². The van der Waals surface area contributed by atoms with E-state index >= 15 is 0 Å². The van der Waals surface area contributed by atoms with Gasteiger partial charge in [-0.2, -0.15) is 8.42 Å². The third-order valence-corrected chi connectivity index (χ3v) is 2.34. The van der Waals surface area contributed by atoms with Crippen LogP contribution in [0.3, 0.4) is 0 Å². The molecule has 6 heteroatoms. The number of hydrogen-bond donors (Lipinski definition) is 1. The van der Waals surface area contributed by atoms with E-state index in [0.29, 0.717) is 5.56 Å². The Balaban J connectivity index is -0.000000180. The van der Waals surface area contributed by atoms with Crippen LogP contribution < -0.4 is 59.1 Å². The van der Waals surface area contributed by atoms with Crippen LogP contribution in [0.15, 0.2) is 35.7 Å². The van der Waals surface area contributed by atoms with E-state index < -0.39 is 10.1 Å². The smallest absolute Gasteiger partial charge is 1.00 e. The van der Waals surface area contributed by atoms with Crippen LogP contribution in [0.1, 0.15) is 8.42 Å². The Morgan fingerprint density at radius 3 is 2.14 bits per heavy atom. The molecule has 0 spiro atoms. The van der Waals surface area contributed by atoms with Crippen molar-refractivity contribution < 1.29 is 74.9 Å². The molecule has 0 aromatic heterocycles. The van der Waals surface area contributed by atoms with Gasteiger partial charge in [-0.25, -0.2) is 0 Å². The maximum absolute atomic E-state index is 10.7. The van der Waals surface area contributed by atoms with E-state index in [-0.39, 0.29) is 66.9 Å². The third kappa shape index (κ3) is 4.59. The summed E-state index contributed by atoms with van der Waals surface area (Å²) in [6.45, 7) is 3.43. The molecule has 0 heterocycles. The van der Waals surface area contributed by atoms with E-state index in [9.17, 15) is 8.42 Å². The quantitative estimate of drug-likeness (QED) is 0.415. The van der Waals surface area contributed by atoms with Crippen LogP contribution >= 0.6 is 0 Å². The minimum atomic E-state index is -4.12. The molecule has 0 aliphatic carbocycles. The van der Waals surface area contributed by atoms with E-state index in [1.165, 1.54) is 18.2 Å². The zero-order chi connectivity index (χ0) is 9.19. The Hall–Kier alpha value is 0.870. The van der Waals surface area contributed by atoms with Crippen molar-refractivity contribution in [2.75, 3.05) is 0 Å². The van der Waals surface area contributed by atoms with E-state index in [1.807, 2.05) is 0 Å². The van der Waals surface area contributed by atoms with E-state index in [4.69, 9.17) is 4.55 Å². The zero-order valence-electron chi connectivity index (χ0n) is 10.3. The molecular weight excluding hydrogens is 222 g/mol. The molecule has 1 rings (SSSR count). The number of rotatable bonds is 2. The first-order valence-corrected chi connectivity index (χ1v) is 4.68. The van der Waals surface area contributed by atoms with Gasteiger partial charge in [-0.15, -0.1) is 0 Å².